The second-order valence-corrected chi connectivity index (χ2v) is 4.35. The average molecular weight is 288 g/mol. The van der Waals surface area contributed by atoms with Gasteiger partial charge in [0, 0.05) is 36.6 Å². The summed E-state index contributed by atoms with van der Waals surface area (Å²) in [7, 11) is 0. The van der Waals surface area contributed by atoms with Gasteiger partial charge in [-0.25, -0.2) is 4.79 Å². The molecule has 2 rings (SSSR count). The quantitative estimate of drug-likeness (QED) is 0.685. The molecule has 0 saturated heterocycles. The summed E-state index contributed by atoms with van der Waals surface area (Å²) in [6.45, 7) is 2.32. The van der Waals surface area contributed by atoms with Gasteiger partial charge in [-0.1, -0.05) is 0 Å². The number of aryl methyl sites for hydroxylation is 1. The molecule has 0 saturated carbocycles. The Labute approximate surface area is 119 Å². The minimum Gasteiger partial charge on any atom is -0.477 e. The number of aromatic nitrogens is 1. The normalized spacial score (nSPS) is 10.3. The SMILES string of the molecule is CCn1cc(C(=O)O)c(=O)c(-c2ccc([N+](=O)[O-])cc2)c1. The molecule has 0 radical (unpaired) electrons. The van der Waals surface area contributed by atoms with Crippen LogP contribution in [0.1, 0.15) is 17.3 Å². The van der Waals surface area contributed by atoms with Gasteiger partial charge in [-0.15, -0.1) is 0 Å². The lowest BCUT2D eigenvalue weighted by Gasteiger charge is -2.08. The lowest BCUT2D eigenvalue weighted by Crippen LogP contribution is -2.19. The molecule has 2 aromatic rings. The number of hydrogen-bond acceptors (Lipinski definition) is 4. The maximum atomic E-state index is 12.2. The predicted molar refractivity (Wildman–Crippen MR) is 75.4 cm³/mol. The van der Waals surface area contributed by atoms with Gasteiger partial charge in [0.25, 0.3) is 5.69 Å². The first-order chi connectivity index (χ1) is 9.93. The molecule has 0 fully saturated rings. The fourth-order valence-electron chi connectivity index (χ4n) is 1.93. The Kier molecular flexibility index (Phi) is 3.84. The summed E-state index contributed by atoms with van der Waals surface area (Å²) in [5.74, 6) is -1.30. The first-order valence-electron chi connectivity index (χ1n) is 6.16. The fourth-order valence-corrected chi connectivity index (χ4v) is 1.93. The number of carboxylic acid groups (broad SMARTS) is 1. The van der Waals surface area contributed by atoms with Crippen LogP contribution in [0.3, 0.4) is 0 Å². The largest absolute Gasteiger partial charge is 0.477 e. The van der Waals surface area contributed by atoms with E-state index in [0.717, 1.165) is 0 Å². The van der Waals surface area contributed by atoms with Gasteiger partial charge in [-0.05, 0) is 24.6 Å². The van der Waals surface area contributed by atoms with Gasteiger partial charge in [0.2, 0.25) is 5.43 Å². The monoisotopic (exact) mass is 288 g/mol. The number of hydrogen-bond donors (Lipinski definition) is 1. The third-order valence-corrected chi connectivity index (χ3v) is 3.06. The highest BCUT2D eigenvalue weighted by Crippen LogP contribution is 2.20. The van der Waals surface area contributed by atoms with Crippen LogP contribution in [0.25, 0.3) is 11.1 Å². The van der Waals surface area contributed by atoms with E-state index in [-0.39, 0.29) is 16.8 Å². The predicted octanol–water partition coefficient (Wildman–Crippen LogP) is 2.14. The van der Waals surface area contributed by atoms with Gasteiger partial charge < -0.3 is 9.67 Å². The summed E-state index contributed by atoms with van der Waals surface area (Å²) in [5, 5.41) is 19.7. The smallest absolute Gasteiger partial charge is 0.341 e. The Morgan fingerprint density at radius 2 is 1.90 bits per heavy atom. The second-order valence-electron chi connectivity index (χ2n) is 4.35. The van der Waals surface area contributed by atoms with Crippen LogP contribution in [-0.2, 0) is 6.54 Å². The van der Waals surface area contributed by atoms with E-state index < -0.39 is 16.3 Å². The number of nitro groups is 1. The lowest BCUT2D eigenvalue weighted by molar-refractivity contribution is -0.384. The summed E-state index contributed by atoms with van der Waals surface area (Å²) in [4.78, 5) is 33.4. The fraction of sp³-hybridized carbons (Fsp3) is 0.143. The molecule has 1 aromatic heterocycles. The van der Waals surface area contributed by atoms with Crippen molar-refractivity contribution in [2.75, 3.05) is 0 Å². The van der Waals surface area contributed by atoms with Crippen molar-refractivity contribution >= 4 is 11.7 Å². The van der Waals surface area contributed by atoms with Crippen molar-refractivity contribution in [2.45, 2.75) is 13.5 Å². The van der Waals surface area contributed by atoms with Crippen LogP contribution >= 0.6 is 0 Å². The molecule has 108 valence electrons. The van der Waals surface area contributed by atoms with Crippen LogP contribution < -0.4 is 5.43 Å². The number of carboxylic acids is 1. The summed E-state index contributed by atoms with van der Waals surface area (Å²) in [6, 6.07) is 5.41. The van der Waals surface area contributed by atoms with Crippen molar-refractivity contribution in [2.24, 2.45) is 0 Å². The van der Waals surface area contributed by atoms with Crippen LogP contribution in [-0.4, -0.2) is 20.6 Å². The average Bonchev–Trinajstić information content (AvgIpc) is 2.47. The molecule has 0 aliphatic heterocycles. The molecule has 0 amide bonds. The Morgan fingerprint density at radius 3 is 2.38 bits per heavy atom. The number of rotatable bonds is 4. The molecule has 1 aromatic carbocycles. The third kappa shape index (κ3) is 2.81. The molecule has 0 bridgehead atoms. The van der Waals surface area contributed by atoms with Gasteiger partial charge in [0.1, 0.15) is 5.56 Å². The minimum atomic E-state index is -1.30. The number of non-ortho nitro benzene ring substituents is 1. The van der Waals surface area contributed by atoms with Crippen molar-refractivity contribution in [3.63, 3.8) is 0 Å². The zero-order valence-electron chi connectivity index (χ0n) is 11.1. The number of aromatic carboxylic acids is 1. The Hall–Kier alpha value is -2.96. The molecular weight excluding hydrogens is 276 g/mol. The molecule has 1 N–H and O–H groups in total. The van der Waals surface area contributed by atoms with Gasteiger partial charge in [0.15, 0.2) is 0 Å². The standard InChI is InChI=1S/C14H12N2O5/c1-2-15-7-11(13(17)12(8-15)14(18)19)9-3-5-10(6-4-9)16(20)21/h3-8H,2H2,1H3,(H,18,19). The van der Waals surface area contributed by atoms with Crippen LogP contribution in [0.4, 0.5) is 5.69 Å². The Balaban J connectivity index is 2.62. The van der Waals surface area contributed by atoms with Crippen molar-refractivity contribution in [3.8, 4) is 11.1 Å². The topological polar surface area (TPSA) is 102 Å². The highest BCUT2D eigenvalue weighted by atomic mass is 16.6. The zero-order chi connectivity index (χ0) is 15.6. The van der Waals surface area contributed by atoms with Crippen molar-refractivity contribution in [1.82, 2.24) is 4.57 Å². The molecule has 0 aliphatic carbocycles. The maximum Gasteiger partial charge on any atom is 0.341 e. The maximum absolute atomic E-state index is 12.2. The van der Waals surface area contributed by atoms with E-state index >= 15 is 0 Å². The van der Waals surface area contributed by atoms with E-state index in [1.54, 1.807) is 4.57 Å². The number of nitrogens with zero attached hydrogens (tertiary/aromatic N) is 2. The molecule has 7 heteroatoms. The third-order valence-electron chi connectivity index (χ3n) is 3.06. The van der Waals surface area contributed by atoms with Crippen LogP contribution in [0.5, 0.6) is 0 Å². The van der Waals surface area contributed by atoms with Crippen molar-refractivity contribution in [1.29, 1.82) is 0 Å². The highest BCUT2D eigenvalue weighted by molar-refractivity contribution is 5.88. The molecule has 7 nitrogen and oxygen atoms in total. The van der Waals surface area contributed by atoms with Crippen molar-refractivity contribution < 1.29 is 14.8 Å². The molecule has 1 heterocycles. The summed E-state index contributed by atoms with van der Waals surface area (Å²) < 4.78 is 1.58. The van der Waals surface area contributed by atoms with Crippen LogP contribution in [0.2, 0.25) is 0 Å². The van der Waals surface area contributed by atoms with E-state index in [2.05, 4.69) is 0 Å². The molecule has 0 aliphatic rings. The first-order valence-corrected chi connectivity index (χ1v) is 6.16. The van der Waals surface area contributed by atoms with E-state index in [4.69, 9.17) is 5.11 Å². The summed E-state index contributed by atoms with van der Waals surface area (Å²) in [6.07, 6.45) is 2.81. The van der Waals surface area contributed by atoms with E-state index in [0.29, 0.717) is 12.1 Å². The molecule has 0 unspecified atom stereocenters. The molecule has 0 atom stereocenters. The zero-order valence-corrected chi connectivity index (χ0v) is 11.1. The van der Waals surface area contributed by atoms with Crippen LogP contribution in [0.15, 0.2) is 41.5 Å². The van der Waals surface area contributed by atoms with E-state index in [9.17, 15) is 19.7 Å². The number of nitro benzene ring substituents is 1. The Bertz CT molecular complexity index is 762. The number of carbonyl (C=O) groups is 1. The highest BCUT2D eigenvalue weighted by Gasteiger charge is 2.15. The first kappa shape index (κ1) is 14.4. The summed E-state index contributed by atoms with van der Waals surface area (Å²) >= 11 is 0. The van der Waals surface area contributed by atoms with Gasteiger partial charge in [0.05, 0.1) is 4.92 Å². The number of benzene rings is 1. The van der Waals surface area contributed by atoms with Gasteiger partial charge in [-0.2, -0.15) is 0 Å². The Morgan fingerprint density at radius 1 is 1.29 bits per heavy atom. The lowest BCUT2D eigenvalue weighted by atomic mass is 10.0. The summed E-state index contributed by atoms with van der Waals surface area (Å²) in [5.41, 5.74) is -0.389. The minimum absolute atomic E-state index is 0.0936. The van der Waals surface area contributed by atoms with Crippen LogP contribution in [0, 0.1) is 10.1 Å². The second kappa shape index (κ2) is 5.58. The molecule has 0 spiro atoms. The van der Waals surface area contributed by atoms with Gasteiger partial charge in [-0.3, -0.25) is 14.9 Å². The van der Waals surface area contributed by atoms with E-state index in [1.807, 2.05) is 6.92 Å². The number of pyridine rings is 1. The van der Waals surface area contributed by atoms with E-state index in [1.165, 1.54) is 36.7 Å². The molecular formula is C14H12N2O5. The molecule has 21 heavy (non-hydrogen) atoms. The van der Waals surface area contributed by atoms with Crippen molar-refractivity contribution in [3.05, 3.63) is 62.6 Å². The van der Waals surface area contributed by atoms with Gasteiger partial charge >= 0.3 is 5.97 Å².